The summed E-state index contributed by atoms with van der Waals surface area (Å²) in [6.45, 7) is 3.40. The van der Waals surface area contributed by atoms with Crippen LogP contribution in [0.5, 0.6) is 5.75 Å². The fraction of sp³-hybridized carbons (Fsp3) is 0.217. The van der Waals surface area contributed by atoms with Crippen molar-refractivity contribution in [3.05, 3.63) is 73.3 Å². The van der Waals surface area contributed by atoms with Crippen molar-refractivity contribution in [2.75, 3.05) is 11.9 Å². The molecule has 0 spiro atoms. The van der Waals surface area contributed by atoms with E-state index in [0.717, 1.165) is 30.6 Å². The maximum atomic E-state index is 12.4. The zero-order valence-electron chi connectivity index (χ0n) is 17.8. The van der Waals surface area contributed by atoms with Gasteiger partial charge in [0.15, 0.2) is 0 Å². The van der Waals surface area contributed by atoms with Crippen LogP contribution in [-0.2, 0) is 6.54 Å². The number of aromatic nitrogens is 5. The molecule has 0 saturated heterocycles. The van der Waals surface area contributed by atoms with Crippen molar-refractivity contribution < 1.29 is 17.9 Å². The SMILES string of the molecule is Cc1nc(NCCCn2ccnc2)cc(-c2cncc(-c3ccc(OC(F)(F)F)cc3)c2)n1. The van der Waals surface area contributed by atoms with E-state index in [9.17, 15) is 13.2 Å². The molecule has 0 atom stereocenters. The minimum atomic E-state index is -4.72. The van der Waals surface area contributed by atoms with Crippen LogP contribution >= 0.6 is 0 Å². The van der Waals surface area contributed by atoms with Crippen molar-refractivity contribution in [1.29, 1.82) is 0 Å². The third kappa shape index (κ3) is 6.28. The van der Waals surface area contributed by atoms with E-state index in [2.05, 4.69) is 30.0 Å². The lowest BCUT2D eigenvalue weighted by Crippen LogP contribution is -2.16. The summed E-state index contributed by atoms with van der Waals surface area (Å²) in [5.41, 5.74) is 2.93. The average Bonchev–Trinajstić information content (AvgIpc) is 3.30. The number of nitrogens with zero attached hydrogens (tertiary/aromatic N) is 5. The van der Waals surface area contributed by atoms with Crippen LogP contribution in [0.2, 0.25) is 0 Å². The average molecular weight is 454 g/mol. The Balaban J connectivity index is 1.47. The first-order valence-electron chi connectivity index (χ1n) is 10.2. The number of halogens is 3. The van der Waals surface area contributed by atoms with Crippen molar-refractivity contribution in [3.63, 3.8) is 0 Å². The number of pyridine rings is 1. The Morgan fingerprint density at radius 1 is 0.970 bits per heavy atom. The molecule has 1 aromatic carbocycles. The molecule has 4 rings (SSSR count). The summed E-state index contributed by atoms with van der Waals surface area (Å²) in [6, 6.07) is 9.40. The number of nitrogens with one attached hydrogen (secondary N) is 1. The summed E-state index contributed by atoms with van der Waals surface area (Å²) in [5.74, 6) is 1.05. The molecule has 0 unspecified atom stereocenters. The van der Waals surface area contributed by atoms with Gasteiger partial charge in [-0.15, -0.1) is 13.2 Å². The molecule has 0 fully saturated rings. The lowest BCUT2D eigenvalue weighted by molar-refractivity contribution is -0.274. The summed E-state index contributed by atoms with van der Waals surface area (Å²) in [5, 5.41) is 3.32. The Hall–Kier alpha value is -3.95. The number of alkyl halides is 3. The van der Waals surface area contributed by atoms with Crippen molar-refractivity contribution >= 4 is 5.82 Å². The van der Waals surface area contributed by atoms with Gasteiger partial charge in [-0.2, -0.15) is 0 Å². The molecule has 0 aliphatic heterocycles. The zero-order chi connectivity index (χ0) is 23.3. The summed E-state index contributed by atoms with van der Waals surface area (Å²) < 4.78 is 43.1. The number of rotatable bonds is 8. The highest BCUT2D eigenvalue weighted by Crippen LogP contribution is 2.28. The highest BCUT2D eigenvalue weighted by atomic mass is 19.4. The van der Waals surface area contributed by atoms with Gasteiger partial charge in [-0.05, 0) is 37.1 Å². The summed E-state index contributed by atoms with van der Waals surface area (Å²) >= 11 is 0. The van der Waals surface area contributed by atoms with E-state index in [1.54, 1.807) is 37.1 Å². The molecular formula is C23H21F3N6O. The maximum Gasteiger partial charge on any atom is 0.573 e. The second kappa shape index (κ2) is 9.68. The second-order valence-corrected chi connectivity index (χ2v) is 7.30. The Morgan fingerprint density at radius 2 is 1.76 bits per heavy atom. The number of hydrogen-bond acceptors (Lipinski definition) is 6. The Labute approximate surface area is 188 Å². The molecule has 0 amide bonds. The Morgan fingerprint density at radius 3 is 2.48 bits per heavy atom. The second-order valence-electron chi connectivity index (χ2n) is 7.30. The van der Waals surface area contributed by atoms with Crippen LogP contribution in [0.4, 0.5) is 19.0 Å². The summed E-state index contributed by atoms with van der Waals surface area (Å²) in [4.78, 5) is 17.3. The lowest BCUT2D eigenvalue weighted by Gasteiger charge is -2.11. The topological polar surface area (TPSA) is 77.8 Å². The molecule has 10 heteroatoms. The number of imidazole rings is 1. The van der Waals surface area contributed by atoms with Gasteiger partial charge < -0.3 is 14.6 Å². The minimum Gasteiger partial charge on any atom is -0.406 e. The molecule has 0 aliphatic carbocycles. The van der Waals surface area contributed by atoms with Crippen LogP contribution in [0.1, 0.15) is 12.2 Å². The van der Waals surface area contributed by atoms with Crippen molar-refractivity contribution in [1.82, 2.24) is 24.5 Å². The molecule has 0 aliphatic rings. The van der Waals surface area contributed by atoms with Crippen LogP contribution in [0.3, 0.4) is 0 Å². The summed E-state index contributed by atoms with van der Waals surface area (Å²) in [6.07, 6.45) is 4.97. The fourth-order valence-corrected chi connectivity index (χ4v) is 3.29. The van der Waals surface area contributed by atoms with Gasteiger partial charge in [-0.25, -0.2) is 15.0 Å². The smallest absolute Gasteiger partial charge is 0.406 e. The number of benzene rings is 1. The van der Waals surface area contributed by atoms with Gasteiger partial charge >= 0.3 is 6.36 Å². The van der Waals surface area contributed by atoms with Crippen LogP contribution in [-0.4, -0.2) is 37.4 Å². The first-order valence-corrected chi connectivity index (χ1v) is 10.2. The highest BCUT2D eigenvalue weighted by Gasteiger charge is 2.30. The molecule has 3 heterocycles. The number of anilines is 1. The lowest BCUT2D eigenvalue weighted by atomic mass is 10.0. The van der Waals surface area contributed by atoms with Crippen LogP contribution in [0.25, 0.3) is 22.4 Å². The predicted molar refractivity (Wildman–Crippen MR) is 117 cm³/mol. The molecule has 0 saturated carbocycles. The van der Waals surface area contributed by atoms with Gasteiger partial charge in [0, 0.05) is 55.1 Å². The molecule has 33 heavy (non-hydrogen) atoms. The molecule has 7 nitrogen and oxygen atoms in total. The minimum absolute atomic E-state index is 0.273. The molecule has 3 aromatic heterocycles. The quantitative estimate of drug-likeness (QED) is 0.373. The van der Waals surface area contributed by atoms with E-state index >= 15 is 0 Å². The molecule has 0 radical (unpaired) electrons. The van der Waals surface area contributed by atoms with E-state index < -0.39 is 6.36 Å². The first-order chi connectivity index (χ1) is 15.9. The van der Waals surface area contributed by atoms with Crippen LogP contribution < -0.4 is 10.1 Å². The molecule has 1 N–H and O–H groups in total. The molecule has 170 valence electrons. The van der Waals surface area contributed by atoms with E-state index in [1.165, 1.54) is 12.1 Å². The highest BCUT2D eigenvalue weighted by molar-refractivity contribution is 5.71. The van der Waals surface area contributed by atoms with E-state index in [-0.39, 0.29) is 5.75 Å². The predicted octanol–water partition coefficient (Wildman–Crippen LogP) is 5.11. The van der Waals surface area contributed by atoms with Crippen LogP contribution in [0, 0.1) is 6.92 Å². The molecule has 0 bridgehead atoms. The largest absolute Gasteiger partial charge is 0.573 e. The monoisotopic (exact) mass is 454 g/mol. The van der Waals surface area contributed by atoms with Gasteiger partial charge in [0.05, 0.1) is 12.0 Å². The third-order valence-electron chi connectivity index (χ3n) is 4.75. The van der Waals surface area contributed by atoms with Crippen molar-refractivity contribution in [3.8, 4) is 28.1 Å². The van der Waals surface area contributed by atoms with E-state index in [0.29, 0.717) is 22.9 Å². The number of ether oxygens (including phenoxy) is 1. The van der Waals surface area contributed by atoms with Gasteiger partial charge in [-0.3, -0.25) is 4.98 Å². The molecular weight excluding hydrogens is 433 g/mol. The van der Waals surface area contributed by atoms with Gasteiger partial charge in [0.1, 0.15) is 17.4 Å². The van der Waals surface area contributed by atoms with E-state index in [1.807, 2.05) is 29.8 Å². The zero-order valence-corrected chi connectivity index (χ0v) is 17.8. The number of aryl methyl sites for hydroxylation is 2. The van der Waals surface area contributed by atoms with Crippen molar-refractivity contribution in [2.24, 2.45) is 0 Å². The normalized spacial score (nSPS) is 11.4. The summed E-state index contributed by atoms with van der Waals surface area (Å²) in [7, 11) is 0. The Kier molecular flexibility index (Phi) is 6.53. The van der Waals surface area contributed by atoms with Gasteiger partial charge in [0.25, 0.3) is 0 Å². The Bertz CT molecular complexity index is 1190. The standard InChI is InChI=1S/C23H21F3N6O/c1-16-30-21(12-22(31-16)29-7-2-9-32-10-8-27-15-32)19-11-18(13-28-14-19)17-3-5-20(6-4-17)33-23(24,25)26/h3-6,8,10-15H,2,7,9H2,1H3,(H,29,30,31). The van der Waals surface area contributed by atoms with Crippen LogP contribution in [0.15, 0.2) is 67.5 Å². The third-order valence-corrected chi connectivity index (χ3v) is 4.75. The van der Waals surface area contributed by atoms with E-state index in [4.69, 9.17) is 0 Å². The maximum absolute atomic E-state index is 12.4. The molecule has 4 aromatic rings. The van der Waals surface area contributed by atoms with Gasteiger partial charge in [0.2, 0.25) is 0 Å². The van der Waals surface area contributed by atoms with Gasteiger partial charge in [-0.1, -0.05) is 12.1 Å². The van der Waals surface area contributed by atoms with Crippen molar-refractivity contribution in [2.45, 2.75) is 26.3 Å². The fourth-order valence-electron chi connectivity index (χ4n) is 3.29. The number of hydrogen-bond donors (Lipinski definition) is 1. The first kappa shape index (κ1) is 22.3.